The molecule has 0 bridgehead atoms. The Labute approximate surface area is 260 Å². The fourth-order valence-corrected chi connectivity index (χ4v) is 5.61. The van der Waals surface area contributed by atoms with E-state index in [0.29, 0.717) is 32.0 Å². The second-order valence-electron chi connectivity index (χ2n) is 11.7. The van der Waals surface area contributed by atoms with Gasteiger partial charge in [-0.3, -0.25) is 18.7 Å². The van der Waals surface area contributed by atoms with E-state index in [4.69, 9.17) is 32.0 Å². The Bertz CT molecular complexity index is 1380. The number of carboxylic acids is 1. The number of halogens is 5. The zero-order valence-electron chi connectivity index (χ0n) is 24.5. The predicted octanol–water partition coefficient (Wildman–Crippen LogP) is 5.67. The fourth-order valence-electron chi connectivity index (χ4n) is 4.88. The number of hydrogen-bond donors (Lipinski definition) is 2. The highest BCUT2D eigenvalue weighted by Gasteiger charge is 2.40. The third-order valence-electron chi connectivity index (χ3n) is 7.31. The quantitative estimate of drug-likeness (QED) is 0.285. The molecular weight excluding hydrogens is 630 g/mol. The van der Waals surface area contributed by atoms with Crippen LogP contribution in [0.15, 0.2) is 24.4 Å². The van der Waals surface area contributed by atoms with Crippen LogP contribution in [0.25, 0.3) is 0 Å². The Hall–Kier alpha value is -2.81. The number of ether oxygens (including phenoxy) is 1. The number of nitrogens with two attached hydrogens (primary N) is 1. The Balaban J connectivity index is 0.000000452. The SMILES string of the molecule is CC(=O)O.CC1(C)CN(Cc2cc(F)c(C(N)=O)cc2C2CC2)CCC1Oc1cc(C(F)(F)F)c(Cl)cn1.O=S([O-])C1CC1. The molecule has 15 heteroatoms. The maximum absolute atomic E-state index is 14.5. The minimum atomic E-state index is -4.60. The number of primary amides is 1. The number of nitrogens with zero attached hydrogens (tertiary/aromatic N) is 2. The van der Waals surface area contributed by atoms with Gasteiger partial charge in [0.25, 0.3) is 11.9 Å². The molecule has 1 saturated heterocycles. The van der Waals surface area contributed by atoms with Crippen LogP contribution in [0.2, 0.25) is 5.02 Å². The normalized spacial score (nSPS) is 20.3. The molecular formula is C29H35ClF4N3O6S-. The molecule has 1 aromatic heterocycles. The lowest BCUT2D eigenvalue weighted by molar-refractivity contribution is -0.138. The predicted molar refractivity (Wildman–Crippen MR) is 154 cm³/mol. The second kappa shape index (κ2) is 14.5. The average molecular weight is 665 g/mol. The van der Waals surface area contributed by atoms with Gasteiger partial charge in [-0.2, -0.15) is 13.2 Å². The van der Waals surface area contributed by atoms with Crippen LogP contribution in [0.5, 0.6) is 5.88 Å². The number of aromatic nitrogens is 1. The number of alkyl halides is 3. The van der Waals surface area contributed by atoms with E-state index < -0.39 is 51.0 Å². The van der Waals surface area contributed by atoms with Crippen LogP contribution in [0.3, 0.4) is 0 Å². The van der Waals surface area contributed by atoms with Gasteiger partial charge in [-0.05, 0) is 61.3 Å². The van der Waals surface area contributed by atoms with Gasteiger partial charge >= 0.3 is 6.18 Å². The molecule has 3 N–H and O–H groups in total. The maximum atomic E-state index is 14.5. The first-order valence-corrected chi connectivity index (χ1v) is 15.4. The van der Waals surface area contributed by atoms with Crippen molar-refractivity contribution in [3.05, 3.63) is 57.5 Å². The van der Waals surface area contributed by atoms with Crippen LogP contribution in [-0.4, -0.2) is 60.1 Å². The molecule has 2 aliphatic carbocycles. The van der Waals surface area contributed by atoms with Crippen LogP contribution in [0.1, 0.15) is 85.8 Å². The molecule has 2 heterocycles. The van der Waals surface area contributed by atoms with Crippen molar-refractivity contribution >= 4 is 34.6 Å². The topological polar surface area (TPSA) is 146 Å². The molecule has 2 atom stereocenters. The average Bonchev–Trinajstić information content (AvgIpc) is 3.79. The summed E-state index contributed by atoms with van der Waals surface area (Å²) >= 11 is 3.90. The molecule has 44 heavy (non-hydrogen) atoms. The molecule has 1 aromatic carbocycles. The zero-order chi connectivity index (χ0) is 33.0. The molecule has 5 rings (SSSR count). The van der Waals surface area contributed by atoms with Crippen LogP contribution in [0.4, 0.5) is 17.6 Å². The van der Waals surface area contributed by atoms with Crippen molar-refractivity contribution in [3.8, 4) is 5.88 Å². The monoisotopic (exact) mass is 664 g/mol. The van der Waals surface area contributed by atoms with Crippen molar-refractivity contribution in [2.45, 2.75) is 82.9 Å². The number of aliphatic carboxylic acids is 1. The van der Waals surface area contributed by atoms with Crippen LogP contribution >= 0.6 is 11.6 Å². The summed E-state index contributed by atoms with van der Waals surface area (Å²) in [4.78, 5) is 26.7. The molecule has 0 radical (unpaired) electrons. The summed E-state index contributed by atoms with van der Waals surface area (Å²) in [5.74, 6) is -2.06. The molecule has 3 fully saturated rings. The number of rotatable bonds is 7. The number of benzene rings is 1. The molecule has 9 nitrogen and oxygen atoms in total. The third-order valence-corrected chi connectivity index (χ3v) is 8.63. The number of hydrogen-bond acceptors (Lipinski definition) is 7. The van der Waals surface area contributed by atoms with E-state index in [0.717, 1.165) is 56.0 Å². The van der Waals surface area contributed by atoms with Crippen molar-refractivity contribution < 1.29 is 45.8 Å². The van der Waals surface area contributed by atoms with Crippen molar-refractivity contribution in [2.75, 3.05) is 13.1 Å². The van der Waals surface area contributed by atoms with Gasteiger partial charge in [-0.25, -0.2) is 9.37 Å². The first-order chi connectivity index (χ1) is 20.4. The van der Waals surface area contributed by atoms with Crippen LogP contribution in [0, 0.1) is 11.2 Å². The van der Waals surface area contributed by atoms with E-state index in [1.807, 2.05) is 13.8 Å². The number of likely N-dealkylation sites (tertiary alicyclic amines) is 1. The first-order valence-electron chi connectivity index (χ1n) is 13.9. The van der Waals surface area contributed by atoms with Gasteiger partial charge in [0.1, 0.15) is 11.9 Å². The Kier molecular flexibility index (Phi) is 11.8. The maximum Gasteiger partial charge on any atom is 0.418 e. The van der Waals surface area contributed by atoms with E-state index in [1.165, 1.54) is 6.07 Å². The van der Waals surface area contributed by atoms with E-state index in [9.17, 15) is 31.1 Å². The van der Waals surface area contributed by atoms with Crippen LogP contribution < -0.4 is 10.5 Å². The number of carbonyl (C=O) groups excluding carboxylic acids is 1. The second-order valence-corrected chi connectivity index (χ2v) is 13.3. The third kappa shape index (κ3) is 10.4. The van der Waals surface area contributed by atoms with Crippen molar-refractivity contribution in [2.24, 2.45) is 11.1 Å². The number of piperidine rings is 1. The summed E-state index contributed by atoms with van der Waals surface area (Å²) in [6, 6.07) is 3.81. The van der Waals surface area contributed by atoms with Gasteiger partial charge in [0, 0.05) is 43.3 Å². The van der Waals surface area contributed by atoms with E-state index in [1.54, 1.807) is 6.07 Å². The lowest BCUT2D eigenvalue weighted by Gasteiger charge is -2.44. The first kappa shape index (κ1) is 35.7. The van der Waals surface area contributed by atoms with Crippen molar-refractivity contribution in [1.82, 2.24) is 9.88 Å². The van der Waals surface area contributed by atoms with Gasteiger partial charge in [0.15, 0.2) is 0 Å². The summed E-state index contributed by atoms with van der Waals surface area (Å²) in [5.41, 5.74) is 5.61. The van der Waals surface area contributed by atoms with Gasteiger partial charge in [0.2, 0.25) is 5.88 Å². The summed E-state index contributed by atoms with van der Waals surface area (Å²) in [6.07, 6.45) is 0.293. The zero-order valence-corrected chi connectivity index (χ0v) is 26.0. The van der Waals surface area contributed by atoms with Crippen molar-refractivity contribution in [1.29, 1.82) is 0 Å². The summed E-state index contributed by atoms with van der Waals surface area (Å²) in [7, 11) is 0. The Morgan fingerprint density at radius 1 is 1.20 bits per heavy atom. The summed E-state index contributed by atoms with van der Waals surface area (Å²) < 4.78 is 79.4. The van der Waals surface area contributed by atoms with E-state index in [-0.39, 0.29) is 22.8 Å². The number of pyridine rings is 1. The molecule has 2 unspecified atom stereocenters. The van der Waals surface area contributed by atoms with E-state index >= 15 is 0 Å². The standard InChI is InChI=1S/C24H26ClF4N3O2.C3H6O2S.C2H4O2/c1-23(2)12-32(11-14-7-19(26)16(22(30)33)8-15(14)13-3-4-13)6-5-20(23)34-21-9-17(24(27,28)29)18(25)10-31-21;4-6(5)3-1-2-3;1-2(3)4/h7-10,13,20H,3-6,11-12H2,1-2H3,(H2,30,33);3H,1-2H2,(H,4,5);1H3,(H,3,4)/p-1. The molecule has 2 aromatic rings. The molecule has 1 amide bonds. The fraction of sp³-hybridized carbons (Fsp3) is 0.552. The molecule has 0 spiro atoms. The van der Waals surface area contributed by atoms with Gasteiger partial charge in [0.05, 0.1) is 22.3 Å². The van der Waals surface area contributed by atoms with Crippen molar-refractivity contribution in [3.63, 3.8) is 0 Å². The smallest absolute Gasteiger partial charge is 0.418 e. The largest absolute Gasteiger partial charge is 0.772 e. The van der Waals surface area contributed by atoms with Gasteiger partial charge < -0.3 is 20.1 Å². The minimum absolute atomic E-state index is 0.0185. The molecule has 2 saturated carbocycles. The van der Waals surface area contributed by atoms with Gasteiger partial charge in [-0.15, -0.1) is 0 Å². The highest BCUT2D eigenvalue weighted by atomic mass is 35.5. The van der Waals surface area contributed by atoms with Gasteiger partial charge in [-0.1, -0.05) is 36.5 Å². The Morgan fingerprint density at radius 3 is 2.27 bits per heavy atom. The van der Waals surface area contributed by atoms with E-state index in [2.05, 4.69) is 9.88 Å². The number of amides is 1. The molecule has 244 valence electrons. The highest BCUT2D eigenvalue weighted by Crippen LogP contribution is 2.43. The minimum Gasteiger partial charge on any atom is -0.772 e. The Morgan fingerprint density at radius 2 is 1.82 bits per heavy atom. The lowest BCUT2D eigenvalue weighted by Crippen LogP contribution is -2.50. The summed E-state index contributed by atoms with van der Waals surface area (Å²) in [5, 5.41) is 6.96. The van der Waals surface area contributed by atoms with Crippen LogP contribution in [-0.2, 0) is 28.6 Å². The molecule has 1 aliphatic heterocycles. The highest BCUT2D eigenvalue weighted by molar-refractivity contribution is 7.80. The number of carboxylic acid groups (broad SMARTS) is 1. The number of carbonyl (C=O) groups is 2. The summed E-state index contributed by atoms with van der Waals surface area (Å²) in [6.45, 7) is 6.72. The lowest BCUT2D eigenvalue weighted by atomic mass is 9.80. The molecule has 3 aliphatic rings.